The van der Waals surface area contributed by atoms with Gasteiger partial charge in [0.05, 0.1) is 4.34 Å². The van der Waals surface area contributed by atoms with Gasteiger partial charge in [-0.05, 0) is 24.6 Å². The summed E-state index contributed by atoms with van der Waals surface area (Å²) in [4.78, 5) is 13.3. The lowest BCUT2D eigenvalue weighted by molar-refractivity contribution is 0.563. The highest BCUT2D eigenvalue weighted by molar-refractivity contribution is 7.91. The molecule has 0 bridgehead atoms. The second-order valence-electron chi connectivity index (χ2n) is 5.26. The molecule has 0 radical (unpaired) electrons. The monoisotopic (exact) mass is 374 g/mol. The van der Waals surface area contributed by atoms with E-state index in [2.05, 4.69) is 9.82 Å². The van der Waals surface area contributed by atoms with Crippen LogP contribution < -0.4 is 15.2 Å². The van der Waals surface area contributed by atoms with Gasteiger partial charge in [0.1, 0.15) is 10.0 Å². The molecule has 3 heterocycles. The molecule has 7 nitrogen and oxygen atoms in total. The minimum Gasteiger partial charge on any atom is -0.354 e. The molecule has 0 aliphatic carbocycles. The quantitative estimate of drug-likeness (QED) is 0.864. The Bertz CT molecular complexity index is 877. The van der Waals surface area contributed by atoms with Crippen molar-refractivity contribution in [3.05, 3.63) is 39.0 Å². The van der Waals surface area contributed by atoms with Crippen molar-refractivity contribution in [2.75, 3.05) is 18.0 Å². The average molecular weight is 375 g/mol. The summed E-state index contributed by atoms with van der Waals surface area (Å²) in [5.41, 5.74) is -0.181. The molecule has 1 aliphatic rings. The van der Waals surface area contributed by atoms with E-state index in [4.69, 9.17) is 11.6 Å². The van der Waals surface area contributed by atoms with E-state index in [9.17, 15) is 13.2 Å². The second kappa shape index (κ2) is 6.23. The summed E-state index contributed by atoms with van der Waals surface area (Å²) < 4.78 is 29.2. The van der Waals surface area contributed by atoms with Crippen molar-refractivity contribution in [1.29, 1.82) is 0 Å². The van der Waals surface area contributed by atoms with Gasteiger partial charge in [-0.3, -0.25) is 4.79 Å². The van der Waals surface area contributed by atoms with Gasteiger partial charge < -0.3 is 4.90 Å². The van der Waals surface area contributed by atoms with Crippen LogP contribution in [-0.4, -0.2) is 37.3 Å². The molecule has 1 aliphatic heterocycles. The summed E-state index contributed by atoms with van der Waals surface area (Å²) in [6.07, 6.45) is 0.670. The largest absolute Gasteiger partial charge is 0.354 e. The van der Waals surface area contributed by atoms with E-state index in [0.717, 1.165) is 11.3 Å². The van der Waals surface area contributed by atoms with Crippen molar-refractivity contribution >= 4 is 38.8 Å². The first-order valence-corrected chi connectivity index (χ1v) is 9.60. The number of nitrogens with one attached hydrogen (secondary N) is 1. The number of nitrogens with zero attached hydrogens (tertiary/aromatic N) is 3. The molecule has 124 valence electrons. The molecule has 2 aromatic heterocycles. The molecule has 0 amide bonds. The van der Waals surface area contributed by atoms with E-state index in [-0.39, 0.29) is 15.8 Å². The Morgan fingerprint density at radius 2 is 2.13 bits per heavy atom. The van der Waals surface area contributed by atoms with Crippen LogP contribution in [0.25, 0.3) is 0 Å². The van der Waals surface area contributed by atoms with Crippen molar-refractivity contribution in [1.82, 2.24) is 14.5 Å². The molecule has 1 atom stereocenters. The van der Waals surface area contributed by atoms with Gasteiger partial charge in [0.15, 0.2) is 0 Å². The predicted octanol–water partition coefficient (Wildman–Crippen LogP) is 1.05. The Labute approximate surface area is 142 Å². The van der Waals surface area contributed by atoms with Crippen LogP contribution in [-0.2, 0) is 17.1 Å². The normalized spacial score (nSPS) is 18.5. The lowest BCUT2D eigenvalue weighted by atomic mass is 10.3. The third-order valence-electron chi connectivity index (χ3n) is 3.59. The fraction of sp³-hybridized carbons (Fsp3) is 0.385. The van der Waals surface area contributed by atoms with Crippen molar-refractivity contribution in [3.63, 3.8) is 0 Å². The Balaban J connectivity index is 1.70. The van der Waals surface area contributed by atoms with Gasteiger partial charge in [0.2, 0.25) is 10.0 Å². The number of hydrogen-bond acceptors (Lipinski definition) is 6. The number of aryl methyl sites for hydroxylation is 1. The van der Waals surface area contributed by atoms with Crippen LogP contribution in [0.1, 0.15) is 6.42 Å². The summed E-state index contributed by atoms with van der Waals surface area (Å²) in [6.45, 7) is 1.17. The van der Waals surface area contributed by atoms with Crippen LogP contribution in [0, 0.1) is 0 Å². The summed E-state index contributed by atoms with van der Waals surface area (Å²) in [7, 11) is -1.98. The van der Waals surface area contributed by atoms with E-state index in [0.29, 0.717) is 29.7 Å². The van der Waals surface area contributed by atoms with E-state index >= 15 is 0 Å². The maximum absolute atomic E-state index is 12.3. The number of sulfonamides is 1. The molecule has 0 spiro atoms. The van der Waals surface area contributed by atoms with Gasteiger partial charge in [0.25, 0.3) is 5.56 Å². The van der Waals surface area contributed by atoms with Gasteiger partial charge in [0, 0.05) is 32.2 Å². The minimum absolute atomic E-state index is 0.181. The molecule has 10 heteroatoms. The molecule has 1 saturated heterocycles. The lowest BCUT2D eigenvalue weighted by Gasteiger charge is -2.18. The van der Waals surface area contributed by atoms with Crippen molar-refractivity contribution in [2.45, 2.75) is 16.7 Å². The topological polar surface area (TPSA) is 84.3 Å². The molecule has 2 aromatic rings. The third-order valence-corrected chi connectivity index (χ3v) is 6.84. The van der Waals surface area contributed by atoms with Gasteiger partial charge in [-0.15, -0.1) is 11.3 Å². The summed E-state index contributed by atoms with van der Waals surface area (Å²) in [6, 6.07) is 5.96. The van der Waals surface area contributed by atoms with Gasteiger partial charge >= 0.3 is 0 Å². The van der Waals surface area contributed by atoms with E-state index in [1.54, 1.807) is 19.2 Å². The van der Waals surface area contributed by atoms with Gasteiger partial charge in [-0.2, -0.15) is 5.10 Å². The summed E-state index contributed by atoms with van der Waals surface area (Å²) in [5, 5.41) is 4.18. The average Bonchev–Trinajstić information content (AvgIpc) is 3.11. The molecule has 1 unspecified atom stereocenters. The number of thiophene rings is 1. The molecule has 23 heavy (non-hydrogen) atoms. The third kappa shape index (κ3) is 3.57. The van der Waals surface area contributed by atoms with E-state index in [1.165, 1.54) is 16.8 Å². The van der Waals surface area contributed by atoms with E-state index in [1.807, 2.05) is 4.90 Å². The first kappa shape index (κ1) is 16.4. The highest BCUT2D eigenvalue weighted by Crippen LogP contribution is 2.26. The first-order chi connectivity index (χ1) is 10.8. The molecule has 1 N–H and O–H groups in total. The van der Waals surface area contributed by atoms with Crippen LogP contribution in [0.4, 0.5) is 5.82 Å². The Kier molecular flexibility index (Phi) is 4.45. The van der Waals surface area contributed by atoms with Crippen LogP contribution in [0.15, 0.2) is 33.3 Å². The van der Waals surface area contributed by atoms with Crippen molar-refractivity contribution in [2.24, 2.45) is 7.05 Å². The number of aromatic nitrogens is 2. The lowest BCUT2D eigenvalue weighted by Crippen LogP contribution is -2.37. The van der Waals surface area contributed by atoms with Crippen LogP contribution >= 0.6 is 22.9 Å². The van der Waals surface area contributed by atoms with E-state index < -0.39 is 10.0 Å². The van der Waals surface area contributed by atoms with Crippen molar-refractivity contribution in [3.8, 4) is 0 Å². The predicted molar refractivity (Wildman–Crippen MR) is 89.7 cm³/mol. The standard InChI is InChI=1S/C13H15ClN4O3S2/c1-17-12(19)4-3-11(15-17)18-7-6-9(8-18)16-23(20,21)13-5-2-10(14)22-13/h2-5,9,16H,6-8H2,1H3. The Hall–Kier alpha value is -1.42. The molecule has 0 saturated carbocycles. The maximum Gasteiger partial charge on any atom is 0.266 e. The SMILES string of the molecule is Cn1nc(N2CCC(NS(=O)(=O)c3ccc(Cl)s3)C2)ccc1=O. The van der Waals surface area contributed by atoms with Crippen LogP contribution in [0.3, 0.4) is 0 Å². The molecule has 1 fully saturated rings. The fourth-order valence-electron chi connectivity index (χ4n) is 2.44. The highest BCUT2D eigenvalue weighted by atomic mass is 35.5. The second-order valence-corrected chi connectivity index (χ2v) is 8.92. The highest BCUT2D eigenvalue weighted by Gasteiger charge is 2.28. The summed E-state index contributed by atoms with van der Waals surface area (Å²) in [5.74, 6) is 0.660. The first-order valence-electron chi connectivity index (χ1n) is 6.92. The Morgan fingerprint density at radius 3 is 2.78 bits per heavy atom. The smallest absolute Gasteiger partial charge is 0.266 e. The van der Waals surface area contributed by atoms with Crippen LogP contribution in [0.5, 0.6) is 0 Å². The van der Waals surface area contributed by atoms with Gasteiger partial charge in [-0.1, -0.05) is 11.6 Å². The van der Waals surface area contributed by atoms with Crippen molar-refractivity contribution < 1.29 is 8.42 Å². The summed E-state index contributed by atoms with van der Waals surface area (Å²) >= 11 is 6.83. The molecular weight excluding hydrogens is 360 g/mol. The molecule has 0 aromatic carbocycles. The zero-order valence-electron chi connectivity index (χ0n) is 12.3. The Morgan fingerprint density at radius 1 is 1.35 bits per heavy atom. The number of halogens is 1. The number of anilines is 1. The zero-order valence-corrected chi connectivity index (χ0v) is 14.7. The van der Waals surface area contributed by atoms with Crippen LogP contribution in [0.2, 0.25) is 4.34 Å². The fourth-order valence-corrected chi connectivity index (χ4v) is 5.20. The minimum atomic E-state index is -3.56. The van der Waals surface area contributed by atoms with Gasteiger partial charge in [-0.25, -0.2) is 17.8 Å². The maximum atomic E-state index is 12.3. The zero-order chi connectivity index (χ0) is 16.6. The number of hydrogen-bond donors (Lipinski definition) is 1. The number of rotatable bonds is 4. The molecular formula is C13H15ClN4O3S2. The molecule has 3 rings (SSSR count).